The van der Waals surface area contributed by atoms with Gasteiger partial charge >= 0.3 is 6.18 Å². The summed E-state index contributed by atoms with van der Waals surface area (Å²) >= 11 is 0. The van der Waals surface area contributed by atoms with Crippen molar-refractivity contribution in [1.29, 1.82) is 0 Å². The van der Waals surface area contributed by atoms with Crippen LogP contribution >= 0.6 is 0 Å². The van der Waals surface area contributed by atoms with Crippen LogP contribution in [0.15, 0.2) is 36.8 Å². The van der Waals surface area contributed by atoms with Gasteiger partial charge in [0.1, 0.15) is 6.04 Å². The van der Waals surface area contributed by atoms with Crippen molar-refractivity contribution in [2.24, 2.45) is 11.3 Å². The summed E-state index contributed by atoms with van der Waals surface area (Å²) in [6, 6.07) is 4.63. The van der Waals surface area contributed by atoms with Crippen molar-refractivity contribution in [3.05, 3.63) is 53.6 Å². The van der Waals surface area contributed by atoms with Crippen LogP contribution in [0.1, 0.15) is 62.8 Å². The first kappa shape index (κ1) is 33.2. The van der Waals surface area contributed by atoms with Crippen LogP contribution in [0.5, 0.6) is 0 Å². The molecule has 3 N–H and O–H groups in total. The second-order valence-electron chi connectivity index (χ2n) is 12.0. The first-order valence-corrected chi connectivity index (χ1v) is 15.7. The highest BCUT2D eigenvalue weighted by molar-refractivity contribution is 7.81. The predicted octanol–water partition coefficient (Wildman–Crippen LogP) is 3.67. The summed E-state index contributed by atoms with van der Waals surface area (Å²) < 4.78 is 54.6. The van der Waals surface area contributed by atoms with E-state index < -0.39 is 28.8 Å². The molecule has 1 amide bonds. The normalized spacial score (nSPS) is 22.6. The van der Waals surface area contributed by atoms with Crippen molar-refractivity contribution in [3.63, 3.8) is 0 Å². The van der Waals surface area contributed by atoms with Gasteiger partial charge in [-0.05, 0) is 54.8 Å². The number of carbonyl (C=O) groups is 1. The van der Waals surface area contributed by atoms with E-state index in [2.05, 4.69) is 29.0 Å². The Bertz CT molecular complexity index is 1160. The highest BCUT2D eigenvalue weighted by Gasteiger charge is 2.35. The van der Waals surface area contributed by atoms with Gasteiger partial charge in [0, 0.05) is 57.3 Å². The van der Waals surface area contributed by atoms with E-state index in [4.69, 9.17) is 0 Å². The molecule has 1 saturated heterocycles. The molecule has 41 heavy (non-hydrogen) atoms. The Morgan fingerprint density at radius 2 is 1.93 bits per heavy atom. The highest BCUT2D eigenvalue weighted by Crippen LogP contribution is 2.40. The smallest absolute Gasteiger partial charge is 0.412 e. The zero-order valence-corrected chi connectivity index (χ0v) is 25.1. The summed E-state index contributed by atoms with van der Waals surface area (Å²) in [4.78, 5) is 19.8. The van der Waals surface area contributed by atoms with Crippen molar-refractivity contribution >= 4 is 16.9 Å². The maximum absolute atomic E-state index is 13.2. The van der Waals surface area contributed by atoms with Crippen molar-refractivity contribution in [2.75, 3.05) is 39.0 Å². The summed E-state index contributed by atoms with van der Waals surface area (Å²) in [6.45, 7) is 8.41. The van der Waals surface area contributed by atoms with Crippen LogP contribution in [0.4, 0.5) is 13.2 Å². The fourth-order valence-electron chi connectivity index (χ4n) is 6.14. The zero-order chi connectivity index (χ0) is 28.9. The van der Waals surface area contributed by atoms with E-state index in [1.54, 1.807) is 23.1 Å². The zero-order valence-electron chi connectivity index (χ0n) is 24.3. The van der Waals surface area contributed by atoms with Gasteiger partial charge in [0.15, 0.2) is 0 Å². The molecular formula is C29H44F3N5O3S. The average Bonchev–Trinajstić information content (AvgIpc) is 3.33. The summed E-state index contributed by atoms with van der Waals surface area (Å²) in [6.07, 6.45) is 7.38. The number of nitrogens with one attached hydrogen (secondary N) is 1. The number of alkyl halides is 3. The molecular weight excluding hydrogens is 555 g/mol. The Morgan fingerprint density at radius 3 is 2.59 bits per heavy atom. The van der Waals surface area contributed by atoms with E-state index in [-0.39, 0.29) is 11.4 Å². The summed E-state index contributed by atoms with van der Waals surface area (Å²) in [5, 5.41) is 3.02. The Morgan fingerprint density at radius 1 is 1.20 bits per heavy atom. The van der Waals surface area contributed by atoms with Gasteiger partial charge in [0.2, 0.25) is 5.91 Å². The summed E-state index contributed by atoms with van der Waals surface area (Å²) in [7, 11) is -1.24. The fraction of sp³-hybridized carbons (Fsp3) is 0.655. The number of imidazole rings is 1. The molecule has 0 radical (unpaired) electrons. The van der Waals surface area contributed by atoms with Crippen LogP contribution in [0, 0.1) is 11.3 Å². The molecule has 230 valence electrons. The molecule has 8 nitrogen and oxygen atoms in total. The number of hydrogen-bond acceptors (Lipinski definition) is 4. The second-order valence-corrected chi connectivity index (χ2v) is 13.4. The lowest BCUT2D eigenvalue weighted by atomic mass is 9.71. The van der Waals surface area contributed by atoms with Gasteiger partial charge < -0.3 is 15.4 Å². The third kappa shape index (κ3) is 9.36. The summed E-state index contributed by atoms with van der Waals surface area (Å²) in [5.74, 6) is 0.592. The number of carbonyl (C=O) groups excluding carboxylic acids is 1. The molecule has 0 spiro atoms. The standard InChI is InChI=1S/C29H42F3N5O2S.H2O/c1-28(2)12-4-5-22(17-28)11-14-35-15-16-37(40(3)39)26(20-35)27(38)34-13-10-25-18-33-21-36(25)19-23-6-8-24(9-7-23)29(30,31)32;/h6-9,18,21-22,26H,4-5,10-17,19-20H2,1-3H3,(H,34,38);1H2. The van der Waals surface area contributed by atoms with E-state index in [9.17, 15) is 22.2 Å². The number of halogens is 3. The third-order valence-corrected chi connectivity index (χ3v) is 9.42. The quantitative estimate of drug-likeness (QED) is 0.450. The number of rotatable bonds is 10. The molecule has 1 aromatic heterocycles. The van der Waals surface area contributed by atoms with Gasteiger partial charge in [-0.25, -0.2) is 13.5 Å². The van der Waals surface area contributed by atoms with E-state index in [1.807, 2.05) is 4.57 Å². The molecule has 12 heteroatoms. The Kier molecular flexibility index (Phi) is 11.6. The lowest BCUT2D eigenvalue weighted by molar-refractivity contribution is -0.137. The molecule has 2 aromatic rings. The molecule has 2 fully saturated rings. The highest BCUT2D eigenvalue weighted by atomic mass is 32.2. The van der Waals surface area contributed by atoms with Crippen LogP contribution in [0.3, 0.4) is 0 Å². The monoisotopic (exact) mass is 599 g/mol. The van der Waals surface area contributed by atoms with E-state index in [0.717, 1.165) is 48.8 Å². The largest absolute Gasteiger partial charge is 0.416 e. The molecule has 3 atom stereocenters. The molecule has 1 aromatic carbocycles. The van der Waals surface area contributed by atoms with Crippen molar-refractivity contribution in [1.82, 2.24) is 24.1 Å². The SMILES string of the molecule is CS(=O)N1CCN(CCC2CCCC(C)(C)C2)CC1C(=O)NCCc1cncn1Cc1ccc(C(F)(F)F)cc1.O. The van der Waals surface area contributed by atoms with E-state index >= 15 is 0 Å². The molecule has 1 saturated carbocycles. The van der Waals surface area contributed by atoms with E-state index in [0.29, 0.717) is 38.0 Å². The van der Waals surface area contributed by atoms with Crippen molar-refractivity contribution in [2.45, 2.75) is 71.1 Å². The topological polar surface area (TPSA) is 102 Å². The van der Waals surface area contributed by atoms with E-state index in [1.165, 1.54) is 37.8 Å². The minimum Gasteiger partial charge on any atom is -0.412 e. The number of amides is 1. The lowest BCUT2D eigenvalue weighted by Gasteiger charge is -2.40. The maximum Gasteiger partial charge on any atom is 0.416 e. The van der Waals surface area contributed by atoms with Gasteiger partial charge in [-0.1, -0.05) is 38.8 Å². The van der Waals surface area contributed by atoms with Gasteiger partial charge in [0.25, 0.3) is 0 Å². The number of hydrogen-bond donors (Lipinski definition) is 1. The number of benzene rings is 1. The van der Waals surface area contributed by atoms with Gasteiger partial charge in [-0.15, -0.1) is 0 Å². The van der Waals surface area contributed by atoms with Crippen LogP contribution < -0.4 is 5.32 Å². The van der Waals surface area contributed by atoms with Crippen LogP contribution in [0.2, 0.25) is 0 Å². The van der Waals surface area contributed by atoms with Crippen molar-refractivity contribution in [3.8, 4) is 0 Å². The third-order valence-electron chi connectivity index (χ3n) is 8.32. The van der Waals surface area contributed by atoms with Crippen molar-refractivity contribution < 1.29 is 27.7 Å². The van der Waals surface area contributed by atoms with Gasteiger partial charge in [-0.2, -0.15) is 13.2 Å². The Hall–Kier alpha value is -2.28. The minimum absolute atomic E-state index is 0. The molecule has 4 rings (SSSR count). The molecule has 2 aliphatic rings. The molecule has 1 aliphatic heterocycles. The first-order chi connectivity index (χ1) is 18.9. The maximum atomic E-state index is 13.2. The Labute approximate surface area is 243 Å². The fourth-order valence-corrected chi connectivity index (χ4v) is 7.00. The van der Waals surface area contributed by atoms with Crippen LogP contribution in [-0.2, 0) is 34.9 Å². The molecule has 2 heterocycles. The van der Waals surface area contributed by atoms with Gasteiger partial charge in [0.05, 0.1) is 22.9 Å². The second kappa shape index (κ2) is 14.3. The molecule has 1 aliphatic carbocycles. The number of piperazine rings is 1. The first-order valence-electron chi connectivity index (χ1n) is 14.2. The molecule has 0 bridgehead atoms. The van der Waals surface area contributed by atoms with Crippen LogP contribution in [-0.4, -0.2) is 79.4 Å². The Balaban J connectivity index is 0.00000462. The average molecular weight is 600 g/mol. The minimum atomic E-state index is -4.36. The number of nitrogens with zero attached hydrogens (tertiary/aromatic N) is 4. The van der Waals surface area contributed by atoms with Crippen LogP contribution in [0.25, 0.3) is 0 Å². The number of aromatic nitrogens is 2. The predicted molar refractivity (Wildman–Crippen MR) is 154 cm³/mol. The van der Waals surface area contributed by atoms with Gasteiger partial charge in [-0.3, -0.25) is 9.69 Å². The summed E-state index contributed by atoms with van der Waals surface area (Å²) in [5.41, 5.74) is 1.34. The lowest BCUT2D eigenvalue weighted by Crippen LogP contribution is -2.59. The molecule has 3 unspecified atom stereocenters.